The Kier molecular flexibility index (Phi) is 5.33. The molecule has 4 heterocycles. The van der Waals surface area contributed by atoms with Crippen LogP contribution < -0.4 is 11.0 Å². The topological polar surface area (TPSA) is 106 Å². The average Bonchev–Trinajstić information content (AvgIpc) is 3.18. The molecule has 0 fully saturated rings. The molecular weight excluding hydrogens is 440 g/mol. The number of rotatable bonds is 4. The number of pyridine rings is 2. The lowest BCUT2D eigenvalue weighted by Crippen LogP contribution is -2.21. The standard InChI is InChI=1S/C27H24N6O2/c1-27(2,16-28)20-5-7-21(8-6-20)33-23(15-32(3)26(33)35)22-13-17(10-11-29-22)19-12-18-4-9-24(34)31-25(18)30-14-19/h5-8,10-15H,4,9H2,1-3H3,(H,30,31,34). The van der Waals surface area contributed by atoms with Crippen LogP contribution in [0.25, 0.3) is 28.2 Å². The first kappa shape index (κ1) is 22.3. The molecule has 1 aliphatic rings. The van der Waals surface area contributed by atoms with Gasteiger partial charge in [-0.1, -0.05) is 12.1 Å². The van der Waals surface area contributed by atoms with E-state index in [0.717, 1.165) is 22.3 Å². The molecule has 3 aromatic heterocycles. The fourth-order valence-corrected chi connectivity index (χ4v) is 4.24. The molecule has 1 amide bonds. The van der Waals surface area contributed by atoms with Crippen molar-refractivity contribution < 1.29 is 4.79 Å². The third kappa shape index (κ3) is 4.02. The van der Waals surface area contributed by atoms with E-state index in [-0.39, 0.29) is 11.6 Å². The number of anilines is 1. The SMILES string of the molecule is Cn1cc(-c2cc(-c3cnc4c(c3)CCC(=O)N4)ccn2)n(-c2ccc(C(C)(C)C#N)cc2)c1=O. The number of hydrogen-bond donors (Lipinski definition) is 1. The van der Waals surface area contributed by atoms with Gasteiger partial charge in [-0.05, 0) is 67.3 Å². The van der Waals surface area contributed by atoms with Crippen molar-refractivity contribution in [2.75, 3.05) is 5.32 Å². The van der Waals surface area contributed by atoms with E-state index in [1.807, 2.05) is 56.3 Å². The number of carbonyl (C=O) groups is 1. The largest absolute Gasteiger partial charge is 0.333 e. The fourth-order valence-electron chi connectivity index (χ4n) is 4.24. The van der Waals surface area contributed by atoms with Gasteiger partial charge in [0.05, 0.1) is 28.6 Å². The Hall–Kier alpha value is -4.51. The predicted octanol–water partition coefficient (Wildman–Crippen LogP) is 3.99. The van der Waals surface area contributed by atoms with E-state index in [9.17, 15) is 14.9 Å². The van der Waals surface area contributed by atoms with Crippen LogP contribution in [-0.4, -0.2) is 25.0 Å². The Morgan fingerprint density at radius 1 is 1.03 bits per heavy atom. The average molecular weight is 465 g/mol. The zero-order valence-electron chi connectivity index (χ0n) is 19.7. The molecule has 0 saturated heterocycles. The lowest BCUT2D eigenvalue weighted by molar-refractivity contribution is -0.116. The van der Waals surface area contributed by atoms with Crippen LogP contribution in [0.15, 0.2) is 65.8 Å². The van der Waals surface area contributed by atoms with Gasteiger partial charge in [0.1, 0.15) is 5.82 Å². The van der Waals surface area contributed by atoms with Crippen LogP contribution in [0.3, 0.4) is 0 Å². The number of nitriles is 1. The van der Waals surface area contributed by atoms with Crippen LogP contribution in [0.5, 0.6) is 0 Å². The summed E-state index contributed by atoms with van der Waals surface area (Å²) >= 11 is 0. The summed E-state index contributed by atoms with van der Waals surface area (Å²) in [6.07, 6.45) is 6.31. The molecule has 1 N–H and O–H groups in total. The van der Waals surface area contributed by atoms with Crippen LogP contribution in [0.1, 0.15) is 31.4 Å². The normalized spacial score (nSPS) is 13.1. The van der Waals surface area contributed by atoms with Crippen LogP contribution in [0.4, 0.5) is 5.82 Å². The van der Waals surface area contributed by atoms with Gasteiger partial charge in [0, 0.05) is 37.6 Å². The highest BCUT2D eigenvalue weighted by molar-refractivity contribution is 5.93. The molecule has 1 aromatic carbocycles. The molecule has 0 unspecified atom stereocenters. The number of fused-ring (bicyclic) bond motifs is 1. The summed E-state index contributed by atoms with van der Waals surface area (Å²) in [5, 5.41) is 12.2. The molecule has 0 aliphatic carbocycles. The van der Waals surface area contributed by atoms with Gasteiger partial charge in [-0.3, -0.25) is 14.3 Å². The van der Waals surface area contributed by atoms with Gasteiger partial charge in [-0.15, -0.1) is 0 Å². The molecule has 5 rings (SSSR count). The molecule has 8 heteroatoms. The number of hydrogen-bond acceptors (Lipinski definition) is 5. The van der Waals surface area contributed by atoms with Crippen molar-refractivity contribution in [1.29, 1.82) is 5.26 Å². The maximum absolute atomic E-state index is 13.0. The lowest BCUT2D eigenvalue weighted by atomic mass is 9.86. The van der Waals surface area contributed by atoms with E-state index in [4.69, 9.17) is 0 Å². The highest BCUT2D eigenvalue weighted by Gasteiger charge is 2.21. The van der Waals surface area contributed by atoms with Crippen molar-refractivity contribution in [1.82, 2.24) is 19.1 Å². The van der Waals surface area contributed by atoms with Gasteiger partial charge in [0.2, 0.25) is 5.91 Å². The summed E-state index contributed by atoms with van der Waals surface area (Å²) in [6.45, 7) is 3.72. The van der Waals surface area contributed by atoms with E-state index in [1.165, 1.54) is 4.57 Å². The third-order valence-electron chi connectivity index (χ3n) is 6.38. The van der Waals surface area contributed by atoms with Crippen LogP contribution in [0, 0.1) is 11.3 Å². The van der Waals surface area contributed by atoms with Crippen molar-refractivity contribution >= 4 is 11.7 Å². The van der Waals surface area contributed by atoms with Gasteiger partial charge in [0.15, 0.2) is 0 Å². The van der Waals surface area contributed by atoms with Crippen molar-refractivity contribution in [2.24, 2.45) is 7.05 Å². The second kappa shape index (κ2) is 8.37. The van der Waals surface area contributed by atoms with Gasteiger partial charge in [0.25, 0.3) is 0 Å². The molecule has 0 radical (unpaired) electrons. The quantitative estimate of drug-likeness (QED) is 0.492. The van der Waals surface area contributed by atoms with Crippen LogP contribution >= 0.6 is 0 Å². The number of aromatic nitrogens is 4. The Balaban J connectivity index is 1.56. The molecule has 0 spiro atoms. The van der Waals surface area contributed by atoms with Crippen molar-refractivity contribution in [3.05, 3.63) is 82.7 Å². The van der Waals surface area contributed by atoms with Crippen LogP contribution in [0.2, 0.25) is 0 Å². The number of carbonyl (C=O) groups excluding carboxylic acids is 1. The zero-order valence-corrected chi connectivity index (χ0v) is 19.7. The first-order valence-corrected chi connectivity index (χ1v) is 11.3. The minimum absolute atomic E-state index is 0.0183. The number of benzene rings is 1. The third-order valence-corrected chi connectivity index (χ3v) is 6.38. The Morgan fingerprint density at radius 3 is 2.54 bits per heavy atom. The van der Waals surface area contributed by atoms with Crippen molar-refractivity contribution in [3.63, 3.8) is 0 Å². The summed E-state index contributed by atoms with van der Waals surface area (Å²) in [6, 6.07) is 15.6. The minimum atomic E-state index is -0.620. The van der Waals surface area contributed by atoms with Crippen molar-refractivity contribution in [2.45, 2.75) is 32.1 Å². The molecular formula is C27H24N6O2. The van der Waals surface area contributed by atoms with Gasteiger partial charge in [-0.2, -0.15) is 5.26 Å². The Bertz CT molecular complexity index is 1550. The maximum Gasteiger partial charge on any atom is 0.333 e. The van der Waals surface area contributed by atoms with E-state index >= 15 is 0 Å². The van der Waals surface area contributed by atoms with E-state index < -0.39 is 5.41 Å². The summed E-state index contributed by atoms with van der Waals surface area (Å²) in [4.78, 5) is 33.7. The molecule has 1 aliphatic heterocycles. The maximum atomic E-state index is 13.0. The van der Waals surface area contributed by atoms with Gasteiger partial charge >= 0.3 is 5.69 Å². The Labute approximate surface area is 202 Å². The number of imidazole rings is 1. The summed E-state index contributed by atoms with van der Waals surface area (Å²) < 4.78 is 3.15. The Morgan fingerprint density at radius 2 is 1.80 bits per heavy atom. The summed E-state index contributed by atoms with van der Waals surface area (Å²) in [7, 11) is 1.71. The van der Waals surface area contributed by atoms with Crippen molar-refractivity contribution in [3.8, 4) is 34.3 Å². The lowest BCUT2D eigenvalue weighted by Gasteiger charge is -2.17. The van der Waals surface area contributed by atoms with E-state index in [2.05, 4.69) is 21.4 Å². The number of amides is 1. The highest BCUT2D eigenvalue weighted by Crippen LogP contribution is 2.30. The van der Waals surface area contributed by atoms with Gasteiger partial charge in [-0.25, -0.2) is 9.78 Å². The number of aryl methyl sites for hydroxylation is 2. The summed E-state index contributed by atoms with van der Waals surface area (Å²) in [5.74, 6) is 0.592. The number of nitrogens with one attached hydrogen (secondary N) is 1. The molecule has 4 aromatic rings. The van der Waals surface area contributed by atoms with Gasteiger partial charge < -0.3 is 9.88 Å². The molecule has 0 atom stereocenters. The predicted molar refractivity (Wildman–Crippen MR) is 133 cm³/mol. The smallest absolute Gasteiger partial charge is 0.310 e. The second-order valence-corrected chi connectivity index (χ2v) is 9.24. The first-order chi connectivity index (χ1) is 16.8. The van der Waals surface area contributed by atoms with E-state index in [1.54, 1.807) is 30.2 Å². The molecule has 0 bridgehead atoms. The minimum Gasteiger partial charge on any atom is -0.310 e. The first-order valence-electron chi connectivity index (χ1n) is 11.3. The van der Waals surface area contributed by atoms with E-state index in [0.29, 0.717) is 35.7 Å². The molecule has 8 nitrogen and oxygen atoms in total. The monoisotopic (exact) mass is 464 g/mol. The molecule has 0 saturated carbocycles. The summed E-state index contributed by atoms with van der Waals surface area (Å²) in [5.41, 5.74) is 4.89. The highest BCUT2D eigenvalue weighted by atomic mass is 16.2. The second-order valence-electron chi connectivity index (χ2n) is 9.24. The van der Waals surface area contributed by atoms with Crippen LogP contribution in [-0.2, 0) is 23.7 Å². The molecule has 35 heavy (non-hydrogen) atoms. The zero-order chi connectivity index (χ0) is 24.7. The number of nitrogens with zero attached hydrogens (tertiary/aromatic N) is 5. The fraction of sp³-hybridized carbons (Fsp3) is 0.222. The molecule has 174 valence electrons.